The zero-order valence-electron chi connectivity index (χ0n) is 11.5. The van der Waals surface area contributed by atoms with Crippen LogP contribution in [-0.2, 0) is 6.42 Å². The van der Waals surface area contributed by atoms with Gasteiger partial charge in [0.1, 0.15) is 0 Å². The molecule has 0 aliphatic rings. The first-order valence-electron chi connectivity index (χ1n) is 6.20. The number of anilines is 1. The molecule has 1 aromatic rings. The largest absolute Gasteiger partial charge is 0.373 e. The molecule has 0 aliphatic carbocycles. The highest BCUT2D eigenvalue weighted by atomic mass is 15.2. The first-order valence-corrected chi connectivity index (χ1v) is 6.20. The summed E-state index contributed by atoms with van der Waals surface area (Å²) >= 11 is 0. The van der Waals surface area contributed by atoms with Gasteiger partial charge in [0.25, 0.3) is 0 Å². The zero-order chi connectivity index (χ0) is 12.8. The van der Waals surface area contributed by atoms with Gasteiger partial charge in [0.2, 0.25) is 0 Å². The first-order chi connectivity index (χ1) is 8.00. The molecule has 0 aliphatic heterocycles. The lowest BCUT2D eigenvalue weighted by Crippen LogP contribution is -2.29. The van der Waals surface area contributed by atoms with Gasteiger partial charge in [-0.1, -0.05) is 18.2 Å². The summed E-state index contributed by atoms with van der Waals surface area (Å²) in [5, 5.41) is 0. The van der Waals surface area contributed by atoms with Crippen LogP contribution in [0, 0.1) is 0 Å². The quantitative estimate of drug-likeness (QED) is 0.812. The van der Waals surface area contributed by atoms with Crippen LogP contribution >= 0.6 is 0 Å². The molecule has 0 aromatic heterocycles. The van der Waals surface area contributed by atoms with Gasteiger partial charge < -0.3 is 15.5 Å². The van der Waals surface area contributed by atoms with Crippen molar-refractivity contribution in [3.8, 4) is 0 Å². The Morgan fingerprint density at radius 1 is 1.12 bits per heavy atom. The normalized spacial score (nSPS) is 12.8. The molecular formula is C14H25N3. The van der Waals surface area contributed by atoms with Crippen molar-refractivity contribution in [2.45, 2.75) is 19.4 Å². The molecule has 0 spiro atoms. The minimum absolute atomic E-state index is 0.207. The molecule has 1 unspecified atom stereocenters. The molecule has 2 N–H and O–H groups in total. The van der Waals surface area contributed by atoms with Gasteiger partial charge in [-0.25, -0.2) is 0 Å². The van der Waals surface area contributed by atoms with Gasteiger partial charge in [0.05, 0.1) is 0 Å². The number of nitrogens with two attached hydrogens (primary N) is 1. The Kier molecular flexibility index (Phi) is 5.45. The fraction of sp³-hybridized carbons (Fsp3) is 0.571. The van der Waals surface area contributed by atoms with Gasteiger partial charge in [-0.3, -0.25) is 0 Å². The smallest absolute Gasteiger partial charge is 0.0397 e. The summed E-state index contributed by atoms with van der Waals surface area (Å²) in [7, 11) is 6.34. The Bertz CT molecular complexity index is 334. The molecule has 17 heavy (non-hydrogen) atoms. The van der Waals surface area contributed by atoms with Crippen LogP contribution in [0.5, 0.6) is 0 Å². The van der Waals surface area contributed by atoms with Crippen LogP contribution in [0.2, 0.25) is 0 Å². The zero-order valence-corrected chi connectivity index (χ0v) is 11.5. The second kappa shape index (κ2) is 6.62. The summed E-state index contributed by atoms with van der Waals surface area (Å²) in [6.07, 6.45) is 0.933. The molecule has 3 nitrogen and oxygen atoms in total. The topological polar surface area (TPSA) is 32.5 Å². The number of rotatable bonds is 6. The van der Waals surface area contributed by atoms with Gasteiger partial charge in [0.15, 0.2) is 0 Å². The highest BCUT2D eigenvalue weighted by molar-refractivity contribution is 5.53. The Morgan fingerprint density at radius 2 is 1.76 bits per heavy atom. The molecule has 96 valence electrons. The van der Waals surface area contributed by atoms with E-state index in [2.05, 4.69) is 62.1 Å². The van der Waals surface area contributed by atoms with E-state index in [1.54, 1.807) is 0 Å². The van der Waals surface area contributed by atoms with Crippen LogP contribution in [0.25, 0.3) is 0 Å². The van der Waals surface area contributed by atoms with E-state index in [1.165, 1.54) is 11.3 Å². The minimum atomic E-state index is 0.207. The summed E-state index contributed by atoms with van der Waals surface area (Å²) in [4.78, 5) is 4.50. The van der Waals surface area contributed by atoms with E-state index in [1.807, 2.05) is 0 Å². The highest BCUT2D eigenvalue weighted by Gasteiger charge is 2.08. The Hall–Kier alpha value is -1.06. The van der Waals surface area contributed by atoms with Crippen molar-refractivity contribution in [2.75, 3.05) is 39.1 Å². The number of benzene rings is 1. The number of hydrogen-bond donors (Lipinski definition) is 1. The Morgan fingerprint density at radius 3 is 2.35 bits per heavy atom. The summed E-state index contributed by atoms with van der Waals surface area (Å²) in [5.41, 5.74) is 8.52. The van der Waals surface area contributed by atoms with Crippen LogP contribution in [0.15, 0.2) is 24.3 Å². The van der Waals surface area contributed by atoms with E-state index in [-0.39, 0.29) is 6.04 Å². The van der Waals surface area contributed by atoms with Crippen LogP contribution < -0.4 is 10.6 Å². The van der Waals surface area contributed by atoms with Crippen molar-refractivity contribution in [2.24, 2.45) is 5.73 Å². The van der Waals surface area contributed by atoms with Crippen LogP contribution in [0.3, 0.4) is 0 Å². The number of likely N-dealkylation sites (N-methyl/N-ethyl adjacent to an activating group) is 2. The van der Waals surface area contributed by atoms with Gasteiger partial charge in [-0.05, 0) is 39.1 Å². The molecule has 0 radical (unpaired) electrons. The third-order valence-corrected chi connectivity index (χ3v) is 2.83. The van der Waals surface area contributed by atoms with Crippen LogP contribution in [-0.4, -0.2) is 45.2 Å². The van der Waals surface area contributed by atoms with Crippen LogP contribution in [0.4, 0.5) is 5.69 Å². The molecule has 0 heterocycles. The van der Waals surface area contributed by atoms with E-state index in [0.717, 1.165) is 19.5 Å². The molecule has 0 bridgehead atoms. The van der Waals surface area contributed by atoms with Gasteiger partial charge in [-0.15, -0.1) is 0 Å². The lowest BCUT2D eigenvalue weighted by atomic mass is 10.0. The number of para-hydroxylation sites is 1. The second-order valence-corrected chi connectivity index (χ2v) is 5.03. The van der Waals surface area contributed by atoms with E-state index < -0.39 is 0 Å². The van der Waals surface area contributed by atoms with Gasteiger partial charge in [0, 0.05) is 31.9 Å². The molecule has 0 amide bonds. The molecule has 1 rings (SSSR count). The average Bonchev–Trinajstić information content (AvgIpc) is 2.25. The molecule has 3 heteroatoms. The van der Waals surface area contributed by atoms with Crippen molar-refractivity contribution in [3.63, 3.8) is 0 Å². The monoisotopic (exact) mass is 235 g/mol. The van der Waals surface area contributed by atoms with Crippen molar-refractivity contribution in [3.05, 3.63) is 29.8 Å². The predicted molar refractivity (Wildman–Crippen MR) is 75.6 cm³/mol. The molecule has 0 saturated heterocycles. The van der Waals surface area contributed by atoms with Gasteiger partial charge >= 0.3 is 0 Å². The maximum absolute atomic E-state index is 5.89. The molecular weight excluding hydrogens is 210 g/mol. The van der Waals surface area contributed by atoms with Crippen molar-refractivity contribution in [1.82, 2.24) is 4.90 Å². The molecule has 0 saturated carbocycles. The Balaban J connectivity index is 2.74. The number of hydrogen-bond acceptors (Lipinski definition) is 3. The fourth-order valence-corrected chi connectivity index (χ4v) is 1.87. The SMILES string of the molecule is CC(N)Cc1ccccc1N(C)CCN(C)C. The van der Waals surface area contributed by atoms with E-state index >= 15 is 0 Å². The Labute approximate surface area is 105 Å². The standard InChI is InChI=1S/C14H25N3/c1-12(15)11-13-7-5-6-8-14(13)17(4)10-9-16(2)3/h5-8,12H,9-11,15H2,1-4H3. The average molecular weight is 235 g/mol. The van der Waals surface area contributed by atoms with Crippen molar-refractivity contribution < 1.29 is 0 Å². The fourth-order valence-electron chi connectivity index (χ4n) is 1.87. The lowest BCUT2D eigenvalue weighted by Gasteiger charge is -2.24. The second-order valence-electron chi connectivity index (χ2n) is 5.03. The number of nitrogens with zero attached hydrogens (tertiary/aromatic N) is 2. The van der Waals surface area contributed by atoms with Crippen molar-refractivity contribution in [1.29, 1.82) is 0 Å². The summed E-state index contributed by atoms with van der Waals surface area (Å²) < 4.78 is 0. The molecule has 0 fully saturated rings. The molecule has 1 atom stereocenters. The van der Waals surface area contributed by atoms with Crippen LogP contribution in [0.1, 0.15) is 12.5 Å². The lowest BCUT2D eigenvalue weighted by molar-refractivity contribution is 0.416. The maximum atomic E-state index is 5.89. The highest BCUT2D eigenvalue weighted by Crippen LogP contribution is 2.20. The summed E-state index contributed by atoms with van der Waals surface area (Å²) in [6, 6.07) is 8.73. The third-order valence-electron chi connectivity index (χ3n) is 2.83. The maximum Gasteiger partial charge on any atom is 0.0397 e. The van der Waals surface area contributed by atoms with E-state index in [9.17, 15) is 0 Å². The van der Waals surface area contributed by atoms with Gasteiger partial charge in [-0.2, -0.15) is 0 Å². The van der Waals surface area contributed by atoms with E-state index in [0.29, 0.717) is 0 Å². The van der Waals surface area contributed by atoms with Crippen molar-refractivity contribution >= 4 is 5.69 Å². The third kappa shape index (κ3) is 4.75. The summed E-state index contributed by atoms with van der Waals surface area (Å²) in [5.74, 6) is 0. The first kappa shape index (κ1) is 14.0. The predicted octanol–water partition coefficient (Wildman–Crippen LogP) is 1.57. The molecule has 1 aromatic carbocycles. The van der Waals surface area contributed by atoms with E-state index in [4.69, 9.17) is 5.73 Å². The summed E-state index contributed by atoms with van der Waals surface area (Å²) in [6.45, 7) is 4.14. The minimum Gasteiger partial charge on any atom is -0.373 e.